The van der Waals surface area contributed by atoms with Gasteiger partial charge in [-0.15, -0.1) is 0 Å². The van der Waals surface area contributed by atoms with Crippen molar-refractivity contribution >= 4 is 11.9 Å². The minimum Gasteiger partial charge on any atom is -0.480 e. The van der Waals surface area contributed by atoms with Crippen LogP contribution in [0, 0.1) is 5.82 Å². The van der Waals surface area contributed by atoms with E-state index in [0.717, 1.165) is 0 Å². The van der Waals surface area contributed by atoms with Crippen molar-refractivity contribution in [3.63, 3.8) is 0 Å². The summed E-state index contributed by atoms with van der Waals surface area (Å²) in [4.78, 5) is 27.1. The van der Waals surface area contributed by atoms with Crippen molar-refractivity contribution in [3.05, 3.63) is 35.6 Å². The molecule has 1 aromatic carbocycles. The molecule has 5 nitrogen and oxygen atoms in total. The summed E-state index contributed by atoms with van der Waals surface area (Å²) in [5.41, 5.74) is 0.0706. The Labute approximate surface area is 129 Å². The van der Waals surface area contributed by atoms with Crippen LogP contribution in [0.3, 0.4) is 0 Å². The van der Waals surface area contributed by atoms with Crippen molar-refractivity contribution in [2.45, 2.75) is 25.8 Å². The normalized spacial score (nSPS) is 17.8. The Balaban J connectivity index is 2.06. The van der Waals surface area contributed by atoms with E-state index in [9.17, 15) is 19.1 Å². The second-order valence-electron chi connectivity index (χ2n) is 5.42. The van der Waals surface area contributed by atoms with Crippen LogP contribution >= 0.6 is 0 Å². The highest BCUT2D eigenvalue weighted by Gasteiger charge is 2.28. The van der Waals surface area contributed by atoms with E-state index >= 15 is 0 Å². The first-order valence-electron chi connectivity index (χ1n) is 7.55. The number of carbonyl (C=O) groups excluding carboxylic acids is 1. The standard InChI is InChI=1S/C16H21FN2O3/c1-2-14(16(21)22)18-8-5-9-19(11-10-18)15(20)12-6-3-4-7-13(12)17/h3-4,6-7,14H,2,5,8-11H2,1H3,(H,21,22). The molecule has 1 amide bonds. The minimum atomic E-state index is -0.837. The zero-order valence-corrected chi connectivity index (χ0v) is 12.7. The van der Waals surface area contributed by atoms with Crippen LogP contribution in [0.4, 0.5) is 4.39 Å². The predicted octanol–water partition coefficient (Wildman–Crippen LogP) is 1.84. The number of aliphatic carboxylic acids is 1. The molecule has 1 saturated heterocycles. The summed E-state index contributed by atoms with van der Waals surface area (Å²) in [6, 6.07) is 5.41. The summed E-state index contributed by atoms with van der Waals surface area (Å²) >= 11 is 0. The number of carbonyl (C=O) groups is 2. The van der Waals surface area contributed by atoms with Crippen LogP contribution in [0.1, 0.15) is 30.1 Å². The number of nitrogens with zero attached hydrogens (tertiary/aromatic N) is 2. The molecule has 1 heterocycles. The zero-order valence-electron chi connectivity index (χ0n) is 12.7. The van der Waals surface area contributed by atoms with Gasteiger partial charge in [-0.3, -0.25) is 14.5 Å². The number of carboxylic acid groups (broad SMARTS) is 1. The Hall–Kier alpha value is -1.95. The molecular weight excluding hydrogens is 287 g/mol. The molecule has 1 unspecified atom stereocenters. The number of carboxylic acids is 1. The number of benzene rings is 1. The van der Waals surface area contributed by atoms with Crippen molar-refractivity contribution in [3.8, 4) is 0 Å². The lowest BCUT2D eigenvalue weighted by molar-refractivity contribution is -0.143. The summed E-state index contributed by atoms with van der Waals surface area (Å²) in [7, 11) is 0. The zero-order chi connectivity index (χ0) is 16.1. The maximum absolute atomic E-state index is 13.7. The largest absolute Gasteiger partial charge is 0.480 e. The molecular formula is C16H21FN2O3. The monoisotopic (exact) mass is 308 g/mol. The van der Waals surface area contributed by atoms with Crippen molar-refractivity contribution < 1.29 is 19.1 Å². The summed E-state index contributed by atoms with van der Waals surface area (Å²) < 4.78 is 13.7. The van der Waals surface area contributed by atoms with Crippen LogP contribution in [-0.4, -0.2) is 59.0 Å². The van der Waals surface area contributed by atoms with Crippen LogP contribution in [0.15, 0.2) is 24.3 Å². The van der Waals surface area contributed by atoms with Gasteiger partial charge in [-0.2, -0.15) is 0 Å². The number of rotatable bonds is 4. The van der Waals surface area contributed by atoms with E-state index in [1.54, 1.807) is 17.0 Å². The van der Waals surface area contributed by atoms with Gasteiger partial charge < -0.3 is 10.0 Å². The molecule has 0 saturated carbocycles. The van der Waals surface area contributed by atoms with Crippen molar-refractivity contribution in [2.75, 3.05) is 26.2 Å². The van der Waals surface area contributed by atoms with Crippen LogP contribution in [0.2, 0.25) is 0 Å². The summed E-state index contributed by atoms with van der Waals surface area (Å²) in [6.07, 6.45) is 1.21. The van der Waals surface area contributed by atoms with E-state index < -0.39 is 17.8 Å². The molecule has 1 aliphatic heterocycles. The third kappa shape index (κ3) is 3.62. The van der Waals surface area contributed by atoms with E-state index in [4.69, 9.17) is 0 Å². The average Bonchev–Trinajstić information content (AvgIpc) is 2.73. The number of hydrogen-bond donors (Lipinski definition) is 1. The van der Waals surface area contributed by atoms with Crippen molar-refractivity contribution in [1.29, 1.82) is 0 Å². The SMILES string of the molecule is CCC(C(=O)O)N1CCCN(C(=O)c2ccccc2F)CC1. The van der Waals surface area contributed by atoms with Gasteiger partial charge in [0.2, 0.25) is 0 Å². The number of hydrogen-bond acceptors (Lipinski definition) is 3. The van der Waals surface area contributed by atoms with Crippen molar-refractivity contribution in [2.24, 2.45) is 0 Å². The Morgan fingerprint density at radius 3 is 2.59 bits per heavy atom. The van der Waals surface area contributed by atoms with Gasteiger partial charge in [0.05, 0.1) is 5.56 Å². The van der Waals surface area contributed by atoms with Gasteiger partial charge in [-0.1, -0.05) is 19.1 Å². The third-order valence-electron chi connectivity index (χ3n) is 4.03. The van der Waals surface area contributed by atoms with Gasteiger partial charge in [0, 0.05) is 26.2 Å². The average molecular weight is 308 g/mol. The van der Waals surface area contributed by atoms with E-state index in [-0.39, 0.29) is 11.5 Å². The van der Waals surface area contributed by atoms with Gasteiger partial charge in [0.1, 0.15) is 11.9 Å². The molecule has 2 rings (SSSR count). The summed E-state index contributed by atoms with van der Waals surface area (Å²) in [5.74, 6) is -1.69. The molecule has 0 aliphatic carbocycles. The molecule has 6 heteroatoms. The molecule has 120 valence electrons. The van der Waals surface area contributed by atoms with E-state index in [1.807, 2.05) is 11.8 Å². The van der Waals surface area contributed by atoms with Gasteiger partial charge in [-0.05, 0) is 25.0 Å². The van der Waals surface area contributed by atoms with Gasteiger partial charge in [-0.25, -0.2) is 4.39 Å². The molecule has 1 aliphatic rings. The highest BCUT2D eigenvalue weighted by molar-refractivity contribution is 5.94. The topological polar surface area (TPSA) is 60.9 Å². The smallest absolute Gasteiger partial charge is 0.320 e. The fourth-order valence-corrected chi connectivity index (χ4v) is 2.85. The Morgan fingerprint density at radius 1 is 1.23 bits per heavy atom. The Kier molecular flexibility index (Phi) is 5.49. The number of halogens is 1. The first kappa shape index (κ1) is 16.4. The maximum atomic E-state index is 13.7. The lowest BCUT2D eigenvalue weighted by Gasteiger charge is -2.26. The number of amides is 1. The second kappa shape index (κ2) is 7.35. The van der Waals surface area contributed by atoms with E-state index in [2.05, 4.69) is 0 Å². The quantitative estimate of drug-likeness (QED) is 0.922. The molecule has 1 atom stereocenters. The highest BCUT2D eigenvalue weighted by Crippen LogP contribution is 2.14. The third-order valence-corrected chi connectivity index (χ3v) is 4.03. The van der Waals surface area contributed by atoms with Gasteiger partial charge in [0.25, 0.3) is 5.91 Å². The molecule has 1 N–H and O–H groups in total. The van der Waals surface area contributed by atoms with E-state index in [1.165, 1.54) is 12.1 Å². The Bertz CT molecular complexity index is 550. The first-order valence-corrected chi connectivity index (χ1v) is 7.55. The van der Waals surface area contributed by atoms with Crippen molar-refractivity contribution in [1.82, 2.24) is 9.80 Å². The molecule has 1 fully saturated rings. The molecule has 1 aromatic rings. The lowest BCUT2D eigenvalue weighted by Crippen LogP contribution is -2.43. The van der Waals surface area contributed by atoms with Crippen LogP contribution in [0.5, 0.6) is 0 Å². The fraction of sp³-hybridized carbons (Fsp3) is 0.500. The fourth-order valence-electron chi connectivity index (χ4n) is 2.85. The second-order valence-corrected chi connectivity index (χ2v) is 5.42. The van der Waals surface area contributed by atoms with Crippen LogP contribution < -0.4 is 0 Å². The lowest BCUT2D eigenvalue weighted by atomic mass is 10.2. The molecule has 22 heavy (non-hydrogen) atoms. The molecule has 0 bridgehead atoms. The van der Waals surface area contributed by atoms with Crippen LogP contribution in [-0.2, 0) is 4.79 Å². The summed E-state index contributed by atoms with van der Waals surface area (Å²) in [5, 5.41) is 9.24. The van der Waals surface area contributed by atoms with Gasteiger partial charge >= 0.3 is 5.97 Å². The molecule has 0 aromatic heterocycles. The molecule has 0 radical (unpaired) electrons. The predicted molar refractivity (Wildman–Crippen MR) is 80.2 cm³/mol. The highest BCUT2D eigenvalue weighted by atomic mass is 19.1. The Morgan fingerprint density at radius 2 is 1.95 bits per heavy atom. The summed E-state index contributed by atoms with van der Waals surface area (Å²) in [6.45, 7) is 3.89. The van der Waals surface area contributed by atoms with E-state index in [0.29, 0.717) is 39.0 Å². The first-order chi connectivity index (χ1) is 10.5. The molecule has 0 spiro atoms. The minimum absolute atomic E-state index is 0.0706. The maximum Gasteiger partial charge on any atom is 0.320 e. The van der Waals surface area contributed by atoms with Gasteiger partial charge in [0.15, 0.2) is 0 Å². The van der Waals surface area contributed by atoms with Crippen LogP contribution in [0.25, 0.3) is 0 Å².